The molecule has 1 saturated heterocycles. The van der Waals surface area contributed by atoms with Crippen molar-refractivity contribution in [2.45, 2.75) is 0 Å². The van der Waals surface area contributed by atoms with Crippen molar-refractivity contribution in [3.63, 3.8) is 0 Å². The molecule has 0 unspecified atom stereocenters. The summed E-state index contributed by atoms with van der Waals surface area (Å²) in [5.74, 6) is -0.284. The molecule has 8 heteroatoms. The molecule has 2 aromatic carbocycles. The van der Waals surface area contributed by atoms with E-state index in [0.29, 0.717) is 26.3 Å². The number of para-hydroxylation sites is 2. The Bertz CT molecular complexity index is 970. The number of nitrogens with one attached hydrogen (secondary N) is 1. The maximum Gasteiger partial charge on any atom is 0.276 e. The molecule has 0 saturated carbocycles. The van der Waals surface area contributed by atoms with Gasteiger partial charge in [0.1, 0.15) is 0 Å². The number of amides is 1. The second kappa shape index (κ2) is 7.99. The molecule has 0 atom stereocenters. The summed E-state index contributed by atoms with van der Waals surface area (Å²) in [5.41, 5.74) is 1.03. The van der Waals surface area contributed by atoms with E-state index in [1.54, 1.807) is 60.7 Å². The van der Waals surface area contributed by atoms with Crippen molar-refractivity contribution in [2.24, 2.45) is 4.99 Å². The number of benzene rings is 2. The van der Waals surface area contributed by atoms with Crippen LogP contribution in [0.25, 0.3) is 6.08 Å². The molecule has 3 rings (SSSR count). The van der Waals surface area contributed by atoms with Crippen LogP contribution in [-0.2, 0) is 4.79 Å². The highest BCUT2D eigenvalue weighted by Crippen LogP contribution is 2.29. The largest absolute Gasteiger partial charge is 0.300 e. The highest BCUT2D eigenvalue weighted by molar-refractivity contribution is 8.18. The van der Waals surface area contributed by atoms with Gasteiger partial charge >= 0.3 is 0 Å². The van der Waals surface area contributed by atoms with E-state index in [1.165, 1.54) is 17.8 Å². The summed E-state index contributed by atoms with van der Waals surface area (Å²) < 4.78 is 0. The Morgan fingerprint density at radius 2 is 1.88 bits per heavy atom. The molecule has 0 spiro atoms. The van der Waals surface area contributed by atoms with Gasteiger partial charge in [0, 0.05) is 6.07 Å². The van der Waals surface area contributed by atoms with Crippen LogP contribution in [0.4, 0.5) is 11.4 Å². The van der Waals surface area contributed by atoms with Crippen LogP contribution in [-0.4, -0.2) is 16.0 Å². The summed E-state index contributed by atoms with van der Waals surface area (Å²) in [4.78, 5) is 27.3. The number of thioether (sulfide) groups is 1. The first kappa shape index (κ1) is 17.9. The number of nitro groups is 1. The minimum Gasteiger partial charge on any atom is -0.300 e. The Morgan fingerprint density at radius 3 is 2.65 bits per heavy atom. The average molecular weight is 386 g/mol. The van der Waals surface area contributed by atoms with Gasteiger partial charge in [0.25, 0.3) is 11.6 Å². The standard InChI is InChI=1S/C18H12ClN3O3S/c19-13-8-2-3-9-14(13)20-18-21-17(23)16(26-18)11-5-7-12-6-1-4-10-15(12)22(24)25/h1-11H,(H,20,21,23)/b7-5+,16-11+. The minimum absolute atomic E-state index is 0.00616. The molecule has 1 aliphatic heterocycles. The summed E-state index contributed by atoms with van der Waals surface area (Å²) in [5, 5.41) is 14.6. The van der Waals surface area contributed by atoms with E-state index < -0.39 is 4.92 Å². The maximum absolute atomic E-state index is 12.0. The Labute approximate surface area is 158 Å². The van der Waals surface area contributed by atoms with Gasteiger partial charge in [0.15, 0.2) is 5.17 Å². The topological polar surface area (TPSA) is 84.6 Å². The zero-order valence-corrected chi connectivity index (χ0v) is 14.8. The first-order chi connectivity index (χ1) is 12.5. The Kier molecular flexibility index (Phi) is 5.50. The van der Waals surface area contributed by atoms with Gasteiger partial charge in [-0.3, -0.25) is 14.9 Å². The van der Waals surface area contributed by atoms with Crippen LogP contribution in [0.3, 0.4) is 0 Å². The normalized spacial score (nSPS) is 17.2. The quantitative estimate of drug-likeness (QED) is 0.469. The zero-order chi connectivity index (χ0) is 18.5. The van der Waals surface area contributed by atoms with Gasteiger partial charge in [-0.2, -0.15) is 0 Å². The van der Waals surface area contributed by atoms with E-state index >= 15 is 0 Å². The molecule has 130 valence electrons. The number of nitro benzene ring substituents is 1. The fraction of sp³-hybridized carbons (Fsp3) is 0. The number of aliphatic imine (C=N–C) groups is 1. The predicted octanol–water partition coefficient (Wildman–Crippen LogP) is 4.70. The molecule has 1 aliphatic rings. The van der Waals surface area contributed by atoms with Crippen molar-refractivity contribution in [1.82, 2.24) is 5.32 Å². The molecule has 26 heavy (non-hydrogen) atoms. The van der Waals surface area contributed by atoms with E-state index in [4.69, 9.17) is 11.6 Å². The number of rotatable bonds is 4. The molecule has 0 aromatic heterocycles. The van der Waals surface area contributed by atoms with E-state index in [-0.39, 0.29) is 11.6 Å². The lowest BCUT2D eigenvalue weighted by molar-refractivity contribution is -0.385. The molecule has 1 amide bonds. The van der Waals surface area contributed by atoms with Crippen molar-refractivity contribution in [3.8, 4) is 0 Å². The van der Waals surface area contributed by atoms with Gasteiger partial charge in [-0.05, 0) is 42.1 Å². The third-order valence-corrected chi connectivity index (χ3v) is 4.63. The number of hydrogen-bond acceptors (Lipinski definition) is 5. The monoisotopic (exact) mass is 385 g/mol. The average Bonchev–Trinajstić information content (AvgIpc) is 2.97. The van der Waals surface area contributed by atoms with Crippen molar-refractivity contribution in [1.29, 1.82) is 0 Å². The Morgan fingerprint density at radius 1 is 1.15 bits per heavy atom. The van der Waals surface area contributed by atoms with Crippen molar-refractivity contribution in [3.05, 3.63) is 86.3 Å². The zero-order valence-electron chi connectivity index (χ0n) is 13.3. The molecule has 1 heterocycles. The van der Waals surface area contributed by atoms with Crippen LogP contribution in [0.5, 0.6) is 0 Å². The lowest BCUT2D eigenvalue weighted by Crippen LogP contribution is -2.19. The molecule has 2 aromatic rings. The van der Waals surface area contributed by atoms with Crippen molar-refractivity contribution >= 4 is 51.9 Å². The van der Waals surface area contributed by atoms with Gasteiger partial charge in [-0.15, -0.1) is 0 Å². The predicted molar refractivity (Wildman–Crippen MR) is 104 cm³/mol. The molecule has 0 radical (unpaired) electrons. The number of carbonyl (C=O) groups excluding carboxylic acids is 1. The fourth-order valence-corrected chi connectivity index (χ4v) is 3.15. The first-order valence-corrected chi connectivity index (χ1v) is 8.68. The van der Waals surface area contributed by atoms with Gasteiger partial charge in [0.2, 0.25) is 0 Å². The van der Waals surface area contributed by atoms with E-state index in [2.05, 4.69) is 10.3 Å². The van der Waals surface area contributed by atoms with Crippen LogP contribution >= 0.6 is 23.4 Å². The third kappa shape index (κ3) is 4.19. The second-order valence-electron chi connectivity index (χ2n) is 5.13. The van der Waals surface area contributed by atoms with Gasteiger partial charge in [-0.25, -0.2) is 4.99 Å². The van der Waals surface area contributed by atoms with Crippen LogP contribution in [0.15, 0.2) is 70.6 Å². The second-order valence-corrected chi connectivity index (χ2v) is 6.57. The van der Waals surface area contributed by atoms with Crippen molar-refractivity contribution in [2.75, 3.05) is 0 Å². The van der Waals surface area contributed by atoms with E-state index in [9.17, 15) is 14.9 Å². The lowest BCUT2D eigenvalue weighted by atomic mass is 10.1. The van der Waals surface area contributed by atoms with Crippen LogP contribution < -0.4 is 5.32 Å². The van der Waals surface area contributed by atoms with E-state index in [1.807, 2.05) is 0 Å². The maximum atomic E-state index is 12.0. The number of halogens is 1. The van der Waals surface area contributed by atoms with Crippen molar-refractivity contribution < 1.29 is 9.72 Å². The smallest absolute Gasteiger partial charge is 0.276 e. The SMILES string of the molecule is O=C1NC(=Nc2ccccc2Cl)S/C1=C/C=C/c1ccccc1[N+](=O)[O-]. The fourth-order valence-electron chi connectivity index (χ4n) is 2.18. The third-order valence-electron chi connectivity index (χ3n) is 3.38. The summed E-state index contributed by atoms with van der Waals surface area (Å²) in [6.07, 6.45) is 4.77. The number of hydrogen-bond donors (Lipinski definition) is 1. The van der Waals surface area contributed by atoms with Crippen LogP contribution in [0, 0.1) is 10.1 Å². The summed E-state index contributed by atoms with van der Waals surface area (Å²) in [6.45, 7) is 0. The van der Waals surface area contributed by atoms with Gasteiger partial charge < -0.3 is 5.32 Å². The van der Waals surface area contributed by atoms with Crippen LogP contribution in [0.2, 0.25) is 5.02 Å². The molecule has 0 bridgehead atoms. The molecule has 1 N–H and O–H groups in total. The van der Waals surface area contributed by atoms with Gasteiger partial charge in [-0.1, -0.05) is 41.9 Å². The number of carbonyl (C=O) groups is 1. The van der Waals surface area contributed by atoms with Gasteiger partial charge in [0.05, 0.1) is 26.1 Å². The summed E-state index contributed by atoms with van der Waals surface area (Å²) in [6, 6.07) is 13.4. The lowest BCUT2D eigenvalue weighted by Gasteiger charge is -1.98. The molecule has 6 nitrogen and oxygen atoms in total. The Balaban J connectivity index is 1.78. The summed E-state index contributed by atoms with van der Waals surface area (Å²) >= 11 is 7.23. The molecular formula is C18H12ClN3O3S. The molecule has 1 fully saturated rings. The molecule has 0 aliphatic carbocycles. The summed E-state index contributed by atoms with van der Waals surface area (Å²) in [7, 11) is 0. The number of nitrogens with zero attached hydrogens (tertiary/aromatic N) is 2. The molecular weight excluding hydrogens is 374 g/mol. The number of allylic oxidation sites excluding steroid dienone is 2. The highest BCUT2D eigenvalue weighted by atomic mass is 35.5. The Hall–Kier alpha value is -2.90. The first-order valence-electron chi connectivity index (χ1n) is 7.49. The van der Waals surface area contributed by atoms with E-state index in [0.717, 1.165) is 0 Å². The highest BCUT2D eigenvalue weighted by Gasteiger charge is 2.23. The van der Waals surface area contributed by atoms with Crippen LogP contribution in [0.1, 0.15) is 5.56 Å². The number of amidine groups is 1. The minimum atomic E-state index is -0.446.